The first-order valence-electron chi connectivity index (χ1n) is 12.1. The molecule has 0 unspecified atom stereocenters. The summed E-state index contributed by atoms with van der Waals surface area (Å²) in [5.74, 6) is 2.28. The maximum atomic E-state index is 10.2. The van der Waals surface area contributed by atoms with E-state index in [9.17, 15) is 15.3 Å². The van der Waals surface area contributed by atoms with Gasteiger partial charge in [0.15, 0.2) is 0 Å². The van der Waals surface area contributed by atoms with Crippen LogP contribution in [0, 0.1) is 29.1 Å². The third-order valence-electron chi connectivity index (χ3n) is 8.65. The first kappa shape index (κ1) is 24.4. The van der Waals surface area contributed by atoms with Gasteiger partial charge in [0.2, 0.25) is 0 Å². The summed E-state index contributed by atoms with van der Waals surface area (Å²) in [6.07, 6.45) is 16.9. The summed E-state index contributed by atoms with van der Waals surface area (Å²) < 4.78 is 0. The summed E-state index contributed by atoms with van der Waals surface area (Å²) >= 11 is 0. The van der Waals surface area contributed by atoms with Gasteiger partial charge in [-0.2, -0.15) is 0 Å². The Morgan fingerprint density at radius 1 is 1.10 bits per heavy atom. The largest absolute Gasteiger partial charge is 0.412 e. The molecule has 4 nitrogen and oxygen atoms in total. The van der Waals surface area contributed by atoms with E-state index in [4.69, 9.17) is 0 Å². The highest BCUT2D eigenvalue weighted by Crippen LogP contribution is 2.59. The van der Waals surface area contributed by atoms with Crippen LogP contribution in [0.5, 0.6) is 0 Å². The lowest BCUT2D eigenvalue weighted by Gasteiger charge is -2.44. The average molecular weight is 431 g/mol. The lowest BCUT2D eigenvalue weighted by Crippen LogP contribution is -2.35. The highest BCUT2D eigenvalue weighted by atomic mass is 16.3. The fraction of sp³-hybridized carbons (Fsp3) is 0.704. The molecule has 4 saturated carbocycles. The molecule has 4 heteroatoms. The number of rotatable bonds is 5. The molecule has 0 aromatic rings. The second-order valence-corrected chi connectivity index (χ2v) is 10.7. The Morgan fingerprint density at radius 3 is 2.55 bits per heavy atom. The first-order valence-corrected chi connectivity index (χ1v) is 12.1. The van der Waals surface area contributed by atoms with E-state index in [0.717, 1.165) is 17.6 Å². The van der Waals surface area contributed by atoms with E-state index < -0.39 is 12.2 Å². The molecule has 0 spiro atoms. The van der Waals surface area contributed by atoms with Gasteiger partial charge in [0.25, 0.3) is 0 Å². The average Bonchev–Trinajstić information content (AvgIpc) is 3.49. The van der Waals surface area contributed by atoms with Gasteiger partial charge < -0.3 is 20.8 Å². The summed E-state index contributed by atoms with van der Waals surface area (Å²) in [5.41, 5.74) is 3.63. The number of aliphatic hydroxyl groups is 3. The minimum Gasteiger partial charge on any atom is -0.412 e. The zero-order valence-electron chi connectivity index (χ0n) is 19.3. The normalized spacial score (nSPS) is 40.7. The molecule has 4 aliphatic rings. The Hall–Kier alpha value is -1.20. The molecule has 0 aromatic carbocycles. The Kier molecular flexibility index (Phi) is 7.68. The lowest BCUT2D eigenvalue weighted by atomic mass is 9.61. The maximum absolute atomic E-state index is 10.2. The SMILES string of the molecule is C=C1/C(=C/C=C2\CCC[C@]3(C)[C@@H]([C@H](C)/C=C/[C@@H](O)C4CC4)CC[C@@H]23)C[C@@H](O)C[C@@H]1O.O. The molecule has 4 fully saturated rings. The van der Waals surface area contributed by atoms with Crippen molar-refractivity contribution in [2.45, 2.75) is 89.9 Å². The van der Waals surface area contributed by atoms with E-state index in [-0.39, 0.29) is 11.6 Å². The van der Waals surface area contributed by atoms with Crippen molar-refractivity contribution < 1.29 is 20.8 Å². The van der Waals surface area contributed by atoms with Crippen molar-refractivity contribution >= 4 is 0 Å². The fourth-order valence-corrected chi connectivity index (χ4v) is 6.63. The Balaban J connectivity index is 0.00000272. The highest BCUT2D eigenvalue weighted by molar-refractivity contribution is 5.38. The zero-order valence-corrected chi connectivity index (χ0v) is 19.3. The number of hydrogen-bond donors (Lipinski definition) is 3. The smallest absolute Gasteiger partial charge is 0.0811 e. The molecule has 0 bridgehead atoms. The molecule has 0 heterocycles. The number of allylic oxidation sites excluding steroid dienone is 4. The number of aliphatic hydroxyl groups excluding tert-OH is 3. The van der Waals surface area contributed by atoms with E-state index in [1.807, 2.05) is 0 Å². The third-order valence-corrected chi connectivity index (χ3v) is 8.65. The lowest BCUT2D eigenvalue weighted by molar-refractivity contribution is 0.0862. The molecule has 0 saturated heterocycles. The molecule has 0 radical (unpaired) electrons. The van der Waals surface area contributed by atoms with Crippen LogP contribution in [0.2, 0.25) is 0 Å². The van der Waals surface area contributed by atoms with E-state index in [1.54, 1.807) is 0 Å². The molecule has 0 aliphatic heterocycles. The summed E-state index contributed by atoms with van der Waals surface area (Å²) in [6.45, 7) is 8.88. The van der Waals surface area contributed by atoms with Crippen molar-refractivity contribution in [1.29, 1.82) is 0 Å². The standard InChI is InChI=1S/C27H40O3.H2O/c1-17(6-13-25(29)20-8-9-20)23-11-12-24-19(5-4-14-27(23,24)3)7-10-21-15-22(28)16-26(30)18(21)2;/h6-7,10,13,17,20,22-26,28-30H,2,4-5,8-9,11-12,14-16H2,1,3H3;1H2/b13-6+,19-7+,21-10+;/t17-,22-,23-,24+,25-,26+,27-;/m1./s1. The van der Waals surface area contributed by atoms with Crippen molar-refractivity contribution in [1.82, 2.24) is 0 Å². The van der Waals surface area contributed by atoms with E-state index in [0.29, 0.717) is 41.9 Å². The Morgan fingerprint density at radius 2 is 1.84 bits per heavy atom. The molecule has 4 aliphatic carbocycles. The van der Waals surface area contributed by atoms with Crippen LogP contribution in [0.1, 0.15) is 71.6 Å². The maximum Gasteiger partial charge on any atom is 0.0811 e. The van der Waals surface area contributed by atoms with Crippen molar-refractivity contribution in [3.05, 3.63) is 47.6 Å². The molecule has 31 heavy (non-hydrogen) atoms. The van der Waals surface area contributed by atoms with Gasteiger partial charge in [-0.25, -0.2) is 0 Å². The molecular weight excluding hydrogens is 388 g/mol. The minimum atomic E-state index is -0.621. The molecular formula is C27H42O4. The van der Waals surface area contributed by atoms with Crippen LogP contribution in [-0.2, 0) is 0 Å². The van der Waals surface area contributed by atoms with Gasteiger partial charge in [-0.1, -0.05) is 50.3 Å². The topological polar surface area (TPSA) is 92.2 Å². The van der Waals surface area contributed by atoms with Crippen LogP contribution in [-0.4, -0.2) is 39.1 Å². The van der Waals surface area contributed by atoms with Crippen LogP contribution in [0.3, 0.4) is 0 Å². The van der Waals surface area contributed by atoms with Crippen molar-refractivity contribution in [2.75, 3.05) is 0 Å². The predicted octanol–water partition coefficient (Wildman–Crippen LogP) is 4.27. The second-order valence-electron chi connectivity index (χ2n) is 10.7. The van der Waals surface area contributed by atoms with Crippen LogP contribution in [0.25, 0.3) is 0 Å². The Labute approximate surface area is 187 Å². The van der Waals surface area contributed by atoms with E-state index in [1.165, 1.54) is 44.1 Å². The summed E-state index contributed by atoms with van der Waals surface area (Å²) in [7, 11) is 0. The predicted molar refractivity (Wildman–Crippen MR) is 125 cm³/mol. The monoisotopic (exact) mass is 430 g/mol. The van der Waals surface area contributed by atoms with E-state index in [2.05, 4.69) is 44.7 Å². The Bertz CT molecular complexity index is 746. The third kappa shape index (κ3) is 5.08. The molecule has 0 aromatic heterocycles. The zero-order chi connectivity index (χ0) is 21.5. The molecule has 0 amide bonds. The van der Waals surface area contributed by atoms with Gasteiger partial charge in [-0.3, -0.25) is 0 Å². The number of hydrogen-bond acceptors (Lipinski definition) is 3. The second kappa shape index (κ2) is 9.74. The highest BCUT2D eigenvalue weighted by Gasteiger charge is 2.50. The van der Waals surface area contributed by atoms with Crippen molar-refractivity contribution in [2.24, 2.45) is 29.1 Å². The van der Waals surface area contributed by atoms with Gasteiger partial charge in [0.05, 0.1) is 18.3 Å². The molecule has 4 rings (SSSR count). The minimum absolute atomic E-state index is 0. The van der Waals surface area contributed by atoms with Crippen molar-refractivity contribution in [3.8, 4) is 0 Å². The van der Waals surface area contributed by atoms with Crippen LogP contribution in [0.15, 0.2) is 47.6 Å². The molecule has 174 valence electrons. The van der Waals surface area contributed by atoms with Crippen LogP contribution >= 0.6 is 0 Å². The van der Waals surface area contributed by atoms with Gasteiger partial charge in [-0.15, -0.1) is 0 Å². The van der Waals surface area contributed by atoms with E-state index >= 15 is 0 Å². The molecule has 7 atom stereocenters. The quantitative estimate of drug-likeness (QED) is 0.569. The van der Waals surface area contributed by atoms with Gasteiger partial charge in [0, 0.05) is 6.42 Å². The first-order chi connectivity index (χ1) is 14.3. The fourth-order valence-electron chi connectivity index (χ4n) is 6.63. The van der Waals surface area contributed by atoms with Crippen LogP contribution in [0.4, 0.5) is 0 Å². The number of fused-ring (bicyclic) bond motifs is 1. The summed E-state index contributed by atoms with van der Waals surface area (Å²) in [5, 5.41) is 30.4. The van der Waals surface area contributed by atoms with Gasteiger partial charge in [0.1, 0.15) is 0 Å². The van der Waals surface area contributed by atoms with Crippen LogP contribution < -0.4 is 0 Å². The molecule has 5 N–H and O–H groups in total. The van der Waals surface area contributed by atoms with Gasteiger partial charge in [-0.05, 0) is 91.6 Å². The van der Waals surface area contributed by atoms with Gasteiger partial charge >= 0.3 is 0 Å². The van der Waals surface area contributed by atoms with Crippen molar-refractivity contribution in [3.63, 3.8) is 0 Å². The summed E-state index contributed by atoms with van der Waals surface area (Å²) in [6, 6.07) is 0. The summed E-state index contributed by atoms with van der Waals surface area (Å²) in [4.78, 5) is 0.